The van der Waals surface area contributed by atoms with Crippen molar-refractivity contribution in [3.05, 3.63) is 101 Å². The summed E-state index contributed by atoms with van der Waals surface area (Å²) < 4.78 is 5.98. The highest BCUT2D eigenvalue weighted by molar-refractivity contribution is 6.30. The highest BCUT2D eigenvalue weighted by Gasteiger charge is 2.29. The van der Waals surface area contributed by atoms with Gasteiger partial charge in [0, 0.05) is 44.3 Å². The van der Waals surface area contributed by atoms with Gasteiger partial charge in [0.2, 0.25) is 0 Å². The Bertz CT molecular complexity index is 1000. The lowest BCUT2D eigenvalue weighted by Gasteiger charge is -2.34. The Morgan fingerprint density at radius 2 is 1.41 bits per heavy atom. The molecule has 0 aliphatic carbocycles. The van der Waals surface area contributed by atoms with Crippen molar-refractivity contribution in [1.82, 2.24) is 9.80 Å². The molecule has 4 nitrogen and oxygen atoms in total. The normalized spacial score (nSPS) is 16.8. The molecular formula is C29H35ClN2O2. The van der Waals surface area contributed by atoms with E-state index in [0.29, 0.717) is 18.1 Å². The molecule has 0 amide bonds. The summed E-state index contributed by atoms with van der Waals surface area (Å²) in [7, 11) is 0. The second-order valence-corrected chi connectivity index (χ2v) is 9.49. The van der Waals surface area contributed by atoms with E-state index in [4.69, 9.17) is 16.3 Å². The van der Waals surface area contributed by atoms with Crippen LogP contribution in [0.5, 0.6) is 5.75 Å². The number of aliphatic hydroxyl groups is 1. The number of ether oxygens (including phenoxy) is 1. The van der Waals surface area contributed by atoms with Gasteiger partial charge in [0.15, 0.2) is 0 Å². The van der Waals surface area contributed by atoms with Gasteiger partial charge < -0.3 is 14.7 Å². The molecule has 1 unspecified atom stereocenters. The molecule has 5 heteroatoms. The lowest BCUT2D eigenvalue weighted by molar-refractivity contribution is 0.0764. The average Bonchev–Trinajstić information content (AvgIpc) is 2.88. The maximum absolute atomic E-state index is 11.3. The Kier molecular flexibility index (Phi) is 8.63. The minimum atomic E-state index is -1.04. The Morgan fingerprint density at radius 1 is 0.824 bits per heavy atom. The predicted molar refractivity (Wildman–Crippen MR) is 139 cm³/mol. The summed E-state index contributed by atoms with van der Waals surface area (Å²) in [5.74, 6) is 0.839. The second kappa shape index (κ2) is 11.9. The molecule has 4 rings (SSSR count). The molecule has 1 N–H and O–H groups in total. The molecule has 1 heterocycles. The summed E-state index contributed by atoms with van der Waals surface area (Å²) in [4.78, 5) is 5.06. The molecule has 0 bridgehead atoms. The fourth-order valence-electron chi connectivity index (χ4n) is 4.62. The number of rotatable bonds is 10. The van der Waals surface area contributed by atoms with Crippen molar-refractivity contribution in [2.75, 3.05) is 39.3 Å². The van der Waals surface area contributed by atoms with E-state index in [9.17, 15) is 5.11 Å². The van der Waals surface area contributed by atoms with E-state index < -0.39 is 5.60 Å². The average molecular weight is 479 g/mol. The van der Waals surface area contributed by atoms with Crippen molar-refractivity contribution in [2.45, 2.75) is 31.9 Å². The van der Waals surface area contributed by atoms with Crippen LogP contribution in [-0.2, 0) is 12.1 Å². The smallest absolute Gasteiger partial charge is 0.119 e. The third-order valence-corrected chi connectivity index (χ3v) is 7.02. The maximum Gasteiger partial charge on any atom is 0.119 e. The topological polar surface area (TPSA) is 35.9 Å². The summed E-state index contributed by atoms with van der Waals surface area (Å²) in [6.45, 7) is 9.24. The molecule has 34 heavy (non-hydrogen) atoms. The summed E-state index contributed by atoms with van der Waals surface area (Å²) in [6.07, 6.45) is 1.58. The fraction of sp³-hybridized carbons (Fsp3) is 0.379. The first kappa shape index (κ1) is 24.7. The first-order chi connectivity index (χ1) is 16.6. The monoisotopic (exact) mass is 478 g/mol. The molecule has 1 aliphatic heterocycles. The molecule has 3 aromatic carbocycles. The van der Waals surface area contributed by atoms with Crippen LogP contribution in [0.3, 0.4) is 0 Å². The highest BCUT2D eigenvalue weighted by atomic mass is 35.5. The Hall–Kier alpha value is -2.37. The zero-order valence-electron chi connectivity index (χ0n) is 20.0. The molecule has 0 spiro atoms. The molecule has 0 aromatic heterocycles. The highest BCUT2D eigenvalue weighted by Crippen LogP contribution is 2.34. The fourth-order valence-corrected chi connectivity index (χ4v) is 4.74. The quantitative estimate of drug-likeness (QED) is 0.386. The van der Waals surface area contributed by atoms with Gasteiger partial charge in [0.1, 0.15) is 11.4 Å². The lowest BCUT2D eigenvalue weighted by Crippen LogP contribution is -2.46. The minimum absolute atomic E-state index is 0.577. The third-order valence-electron chi connectivity index (χ3n) is 6.77. The van der Waals surface area contributed by atoms with Gasteiger partial charge in [-0.1, -0.05) is 73.1 Å². The molecule has 1 saturated heterocycles. The van der Waals surface area contributed by atoms with Crippen LogP contribution in [0.2, 0.25) is 5.02 Å². The zero-order valence-corrected chi connectivity index (χ0v) is 20.8. The molecule has 0 radical (unpaired) electrons. The van der Waals surface area contributed by atoms with Crippen LogP contribution in [0.4, 0.5) is 0 Å². The van der Waals surface area contributed by atoms with Gasteiger partial charge in [0.25, 0.3) is 0 Å². The van der Waals surface area contributed by atoms with Crippen LogP contribution in [0.25, 0.3) is 0 Å². The van der Waals surface area contributed by atoms with Gasteiger partial charge >= 0.3 is 0 Å². The molecule has 1 atom stereocenters. The van der Waals surface area contributed by atoms with E-state index in [-0.39, 0.29) is 0 Å². The Labute approximate surface area is 208 Å². The standard InChI is InChI=1S/C29H35ClN2O2/c1-2-29(33,25-9-13-27(30)14-10-25)26-11-15-28(16-12-26)34-22-6-17-31-18-20-32(21-19-31)23-24-7-4-3-5-8-24/h3-5,7-16,33H,2,6,17-23H2,1H3. The zero-order chi connectivity index (χ0) is 23.8. The second-order valence-electron chi connectivity index (χ2n) is 9.05. The van der Waals surface area contributed by atoms with E-state index in [2.05, 4.69) is 40.1 Å². The lowest BCUT2D eigenvalue weighted by atomic mass is 9.84. The minimum Gasteiger partial charge on any atom is -0.494 e. The SMILES string of the molecule is CCC(O)(c1ccc(Cl)cc1)c1ccc(OCCCN2CCN(Cc3ccccc3)CC2)cc1. The number of benzene rings is 3. The van der Waals surface area contributed by atoms with Crippen LogP contribution in [0.1, 0.15) is 36.5 Å². The summed E-state index contributed by atoms with van der Waals surface area (Å²) in [6, 6.07) is 25.9. The van der Waals surface area contributed by atoms with Crippen molar-refractivity contribution < 1.29 is 9.84 Å². The van der Waals surface area contributed by atoms with Gasteiger partial charge in [-0.2, -0.15) is 0 Å². The maximum atomic E-state index is 11.3. The first-order valence-electron chi connectivity index (χ1n) is 12.3. The number of hydrogen-bond donors (Lipinski definition) is 1. The number of halogens is 1. The first-order valence-corrected chi connectivity index (χ1v) is 12.6. The van der Waals surface area contributed by atoms with Crippen molar-refractivity contribution in [2.24, 2.45) is 0 Å². The van der Waals surface area contributed by atoms with Crippen LogP contribution in [0.15, 0.2) is 78.9 Å². The van der Waals surface area contributed by atoms with E-state index in [1.807, 2.05) is 55.5 Å². The van der Waals surface area contributed by atoms with Gasteiger partial charge in [-0.25, -0.2) is 0 Å². The predicted octanol–water partition coefficient (Wildman–Crippen LogP) is 5.57. The summed E-state index contributed by atoms with van der Waals surface area (Å²) in [5, 5.41) is 12.0. The Balaban J connectivity index is 1.20. The van der Waals surface area contributed by atoms with Crippen molar-refractivity contribution in [3.63, 3.8) is 0 Å². The number of nitrogens with zero attached hydrogens (tertiary/aromatic N) is 2. The van der Waals surface area contributed by atoms with Crippen molar-refractivity contribution in [3.8, 4) is 5.75 Å². The van der Waals surface area contributed by atoms with Crippen LogP contribution in [-0.4, -0.2) is 54.2 Å². The van der Waals surface area contributed by atoms with Crippen LogP contribution in [0, 0.1) is 0 Å². The summed E-state index contributed by atoms with van der Waals surface area (Å²) >= 11 is 6.01. The van der Waals surface area contributed by atoms with Gasteiger partial charge in [-0.3, -0.25) is 4.90 Å². The molecule has 180 valence electrons. The molecular weight excluding hydrogens is 444 g/mol. The molecule has 0 saturated carbocycles. The van der Waals surface area contributed by atoms with E-state index in [1.54, 1.807) is 0 Å². The van der Waals surface area contributed by atoms with E-state index >= 15 is 0 Å². The third kappa shape index (κ3) is 6.39. The summed E-state index contributed by atoms with van der Waals surface area (Å²) in [5.41, 5.74) is 2.06. The van der Waals surface area contributed by atoms with E-state index in [0.717, 1.165) is 62.6 Å². The van der Waals surface area contributed by atoms with Gasteiger partial charge in [-0.15, -0.1) is 0 Å². The largest absolute Gasteiger partial charge is 0.494 e. The van der Waals surface area contributed by atoms with Crippen LogP contribution >= 0.6 is 11.6 Å². The molecule has 3 aromatic rings. The number of hydrogen-bond acceptors (Lipinski definition) is 4. The molecule has 1 aliphatic rings. The van der Waals surface area contributed by atoms with Crippen molar-refractivity contribution >= 4 is 11.6 Å². The Morgan fingerprint density at radius 3 is 2.03 bits per heavy atom. The van der Waals surface area contributed by atoms with Crippen LogP contribution < -0.4 is 4.74 Å². The van der Waals surface area contributed by atoms with E-state index in [1.165, 1.54) is 5.56 Å². The van der Waals surface area contributed by atoms with Gasteiger partial charge in [0.05, 0.1) is 6.61 Å². The molecule has 1 fully saturated rings. The number of piperazine rings is 1. The van der Waals surface area contributed by atoms with Crippen molar-refractivity contribution in [1.29, 1.82) is 0 Å². The van der Waals surface area contributed by atoms with Gasteiger partial charge in [-0.05, 0) is 53.8 Å².